The summed E-state index contributed by atoms with van der Waals surface area (Å²) < 4.78 is 6.68. The number of carboxylic acid groups (broad SMARTS) is 1. The van der Waals surface area contributed by atoms with Crippen LogP contribution < -0.4 is 5.73 Å². The Balaban J connectivity index is 3.01. The van der Waals surface area contributed by atoms with E-state index in [0.29, 0.717) is 5.69 Å². The number of rotatable bonds is 4. The third-order valence-electron chi connectivity index (χ3n) is 2.52. The van der Waals surface area contributed by atoms with Crippen molar-refractivity contribution in [2.45, 2.75) is 38.3 Å². The molecule has 1 rings (SSSR count). The molecule has 0 aliphatic heterocycles. The van der Waals surface area contributed by atoms with Crippen LogP contribution in [0.3, 0.4) is 0 Å². The second kappa shape index (κ2) is 5.00. The SMILES string of the molecule is Cn1cncc1CC(N)(C(=O)O)C(=O)OC(C)(C)C. The predicted molar refractivity (Wildman–Crippen MR) is 67.3 cm³/mol. The largest absolute Gasteiger partial charge is 0.479 e. The molecule has 1 aromatic rings. The molecule has 0 saturated carbocycles. The molecule has 0 aromatic carbocycles. The second-order valence-corrected chi connectivity index (χ2v) is 5.45. The molecule has 0 radical (unpaired) electrons. The summed E-state index contributed by atoms with van der Waals surface area (Å²) in [5.74, 6) is -2.39. The standard InChI is InChI=1S/C12H19N3O4/c1-11(2,3)19-10(18)12(13,9(16)17)5-8-6-14-7-15(8)4/h6-7H,5,13H2,1-4H3,(H,16,17). The lowest BCUT2D eigenvalue weighted by molar-refractivity contribution is -0.169. The lowest BCUT2D eigenvalue weighted by atomic mass is 9.94. The van der Waals surface area contributed by atoms with E-state index in [4.69, 9.17) is 10.5 Å². The van der Waals surface area contributed by atoms with Crippen molar-refractivity contribution in [2.24, 2.45) is 12.8 Å². The second-order valence-electron chi connectivity index (χ2n) is 5.45. The van der Waals surface area contributed by atoms with Gasteiger partial charge in [-0.15, -0.1) is 0 Å². The van der Waals surface area contributed by atoms with Crippen LogP contribution in [0, 0.1) is 0 Å². The zero-order valence-corrected chi connectivity index (χ0v) is 11.5. The third-order valence-corrected chi connectivity index (χ3v) is 2.52. The van der Waals surface area contributed by atoms with Gasteiger partial charge in [-0.2, -0.15) is 0 Å². The zero-order valence-electron chi connectivity index (χ0n) is 11.5. The number of carboxylic acids is 1. The van der Waals surface area contributed by atoms with Crippen LogP contribution in [0.15, 0.2) is 12.5 Å². The fraction of sp³-hybridized carbons (Fsp3) is 0.583. The smallest absolute Gasteiger partial charge is 0.338 e. The van der Waals surface area contributed by atoms with Crippen LogP contribution in [-0.4, -0.2) is 37.7 Å². The highest BCUT2D eigenvalue weighted by Crippen LogP contribution is 2.17. The third kappa shape index (κ3) is 3.54. The van der Waals surface area contributed by atoms with E-state index in [0.717, 1.165) is 0 Å². The number of hydrogen-bond acceptors (Lipinski definition) is 5. The molecule has 106 valence electrons. The molecule has 7 heteroatoms. The van der Waals surface area contributed by atoms with Gasteiger partial charge >= 0.3 is 11.9 Å². The molecule has 1 unspecified atom stereocenters. The molecule has 0 aliphatic rings. The van der Waals surface area contributed by atoms with E-state index in [-0.39, 0.29) is 6.42 Å². The van der Waals surface area contributed by atoms with Gasteiger partial charge in [-0.05, 0) is 20.8 Å². The quantitative estimate of drug-likeness (QED) is 0.592. The van der Waals surface area contributed by atoms with Crippen molar-refractivity contribution in [3.63, 3.8) is 0 Å². The van der Waals surface area contributed by atoms with E-state index in [9.17, 15) is 14.7 Å². The van der Waals surface area contributed by atoms with Crippen LogP contribution in [0.1, 0.15) is 26.5 Å². The van der Waals surface area contributed by atoms with E-state index in [2.05, 4.69) is 4.98 Å². The summed E-state index contributed by atoms with van der Waals surface area (Å²) in [6, 6.07) is 0. The molecule has 1 heterocycles. The maximum atomic E-state index is 12.0. The van der Waals surface area contributed by atoms with Gasteiger partial charge in [-0.1, -0.05) is 0 Å². The highest BCUT2D eigenvalue weighted by molar-refractivity contribution is 6.04. The van der Waals surface area contributed by atoms with E-state index in [1.165, 1.54) is 12.5 Å². The van der Waals surface area contributed by atoms with Crippen molar-refractivity contribution in [1.29, 1.82) is 0 Å². The maximum Gasteiger partial charge on any atom is 0.338 e. The molecule has 0 aliphatic carbocycles. The van der Waals surface area contributed by atoms with Crippen LogP contribution >= 0.6 is 0 Å². The number of carbonyl (C=O) groups is 2. The Bertz CT molecular complexity index is 489. The van der Waals surface area contributed by atoms with E-state index < -0.39 is 23.1 Å². The Hall–Kier alpha value is -1.89. The van der Waals surface area contributed by atoms with Gasteiger partial charge < -0.3 is 20.1 Å². The molecule has 1 atom stereocenters. The van der Waals surface area contributed by atoms with E-state index in [1.807, 2.05) is 0 Å². The first-order chi connectivity index (χ1) is 8.56. The summed E-state index contributed by atoms with van der Waals surface area (Å²) in [6.07, 6.45) is 2.79. The van der Waals surface area contributed by atoms with Crippen LogP contribution in [0.5, 0.6) is 0 Å². The first-order valence-corrected chi connectivity index (χ1v) is 5.77. The van der Waals surface area contributed by atoms with Crippen molar-refractivity contribution < 1.29 is 19.4 Å². The number of imidazole rings is 1. The fourth-order valence-corrected chi connectivity index (χ4v) is 1.44. The first-order valence-electron chi connectivity index (χ1n) is 5.77. The predicted octanol–water partition coefficient (Wildman–Crippen LogP) is 0.0864. The minimum absolute atomic E-state index is 0.187. The molecule has 0 amide bonds. The monoisotopic (exact) mass is 269 g/mol. The molecule has 19 heavy (non-hydrogen) atoms. The summed E-state index contributed by atoms with van der Waals surface area (Å²) in [7, 11) is 1.69. The van der Waals surface area contributed by atoms with Gasteiger partial charge in [0.05, 0.1) is 6.33 Å². The molecule has 0 spiro atoms. The number of aryl methyl sites for hydroxylation is 1. The lowest BCUT2D eigenvalue weighted by Gasteiger charge is -2.28. The number of nitrogens with two attached hydrogens (primary N) is 1. The number of aromatic nitrogens is 2. The number of esters is 1. The first kappa shape index (κ1) is 15.2. The Morgan fingerprint density at radius 2 is 2.05 bits per heavy atom. The normalized spacial score (nSPS) is 14.8. The van der Waals surface area contributed by atoms with Gasteiger partial charge in [0.15, 0.2) is 0 Å². The maximum absolute atomic E-state index is 12.0. The Kier molecular flexibility index (Phi) is 4.00. The van der Waals surface area contributed by atoms with Crippen molar-refractivity contribution in [3.05, 3.63) is 18.2 Å². The van der Waals surface area contributed by atoms with Crippen LogP contribution in [0.25, 0.3) is 0 Å². The molecule has 0 fully saturated rings. The van der Waals surface area contributed by atoms with Gasteiger partial charge in [0.25, 0.3) is 0 Å². The number of carbonyl (C=O) groups excluding carboxylic acids is 1. The highest BCUT2D eigenvalue weighted by atomic mass is 16.6. The Morgan fingerprint density at radius 3 is 2.42 bits per heavy atom. The molecule has 0 bridgehead atoms. The van der Waals surface area contributed by atoms with Gasteiger partial charge in [-0.25, -0.2) is 14.6 Å². The molecular formula is C12H19N3O4. The molecule has 0 saturated heterocycles. The van der Waals surface area contributed by atoms with Crippen molar-refractivity contribution in [1.82, 2.24) is 9.55 Å². The highest BCUT2D eigenvalue weighted by Gasteiger charge is 2.46. The van der Waals surface area contributed by atoms with E-state index >= 15 is 0 Å². The number of nitrogens with zero attached hydrogens (tertiary/aromatic N) is 2. The number of aliphatic carboxylic acids is 1. The molecule has 1 aromatic heterocycles. The van der Waals surface area contributed by atoms with Crippen LogP contribution in [-0.2, 0) is 27.8 Å². The minimum atomic E-state index is -2.12. The van der Waals surface area contributed by atoms with Crippen LogP contribution in [0.4, 0.5) is 0 Å². The Morgan fingerprint density at radius 1 is 1.47 bits per heavy atom. The number of hydrogen-bond donors (Lipinski definition) is 2. The van der Waals surface area contributed by atoms with Gasteiger partial charge in [0.1, 0.15) is 5.60 Å². The minimum Gasteiger partial charge on any atom is -0.479 e. The van der Waals surface area contributed by atoms with E-state index in [1.54, 1.807) is 32.4 Å². The molecule has 7 nitrogen and oxygen atoms in total. The summed E-state index contributed by atoms with van der Waals surface area (Å²) in [5, 5.41) is 9.23. The molecule has 3 N–H and O–H groups in total. The average Bonchev–Trinajstić information content (AvgIpc) is 2.61. The number of ether oxygens (including phenoxy) is 1. The van der Waals surface area contributed by atoms with Gasteiger partial charge in [0, 0.05) is 25.4 Å². The molecular weight excluding hydrogens is 250 g/mol. The fourth-order valence-electron chi connectivity index (χ4n) is 1.44. The van der Waals surface area contributed by atoms with Gasteiger partial charge in [-0.3, -0.25) is 0 Å². The average molecular weight is 269 g/mol. The lowest BCUT2D eigenvalue weighted by Crippen LogP contribution is -2.58. The van der Waals surface area contributed by atoms with Crippen molar-refractivity contribution >= 4 is 11.9 Å². The zero-order chi connectivity index (χ0) is 14.8. The summed E-state index contributed by atoms with van der Waals surface area (Å²) in [5.41, 5.74) is 3.35. The van der Waals surface area contributed by atoms with Crippen LogP contribution in [0.2, 0.25) is 0 Å². The summed E-state index contributed by atoms with van der Waals surface area (Å²) >= 11 is 0. The van der Waals surface area contributed by atoms with Gasteiger partial charge in [0.2, 0.25) is 5.54 Å². The van der Waals surface area contributed by atoms with Crippen molar-refractivity contribution in [3.8, 4) is 0 Å². The summed E-state index contributed by atoms with van der Waals surface area (Å²) in [4.78, 5) is 27.2. The topological polar surface area (TPSA) is 107 Å². The Labute approximate surface area is 111 Å². The summed E-state index contributed by atoms with van der Waals surface area (Å²) in [6.45, 7) is 4.95. The van der Waals surface area contributed by atoms with Crippen molar-refractivity contribution in [2.75, 3.05) is 0 Å².